The largest absolute Gasteiger partial charge is 0.326 e. The van der Waals surface area contributed by atoms with Crippen molar-refractivity contribution in [3.63, 3.8) is 0 Å². The maximum absolute atomic E-state index is 12.8. The predicted molar refractivity (Wildman–Crippen MR) is 113 cm³/mol. The number of hydrogen-bond acceptors (Lipinski definition) is 3. The van der Waals surface area contributed by atoms with Crippen LogP contribution in [-0.2, 0) is 11.2 Å². The Morgan fingerprint density at radius 2 is 2.00 bits per heavy atom. The third-order valence-electron chi connectivity index (χ3n) is 5.39. The van der Waals surface area contributed by atoms with Gasteiger partial charge in [-0.2, -0.15) is 0 Å². The molecular weight excluding hydrogens is 422 g/mol. The number of amides is 1. The van der Waals surface area contributed by atoms with E-state index in [2.05, 4.69) is 26.2 Å². The topological polar surface area (TPSA) is 84.0 Å². The number of hydrogen-bond donors (Lipinski definition) is 2. The van der Waals surface area contributed by atoms with E-state index in [9.17, 15) is 14.4 Å². The summed E-state index contributed by atoms with van der Waals surface area (Å²) in [6, 6.07) is 12.6. The molecule has 6 nitrogen and oxygen atoms in total. The van der Waals surface area contributed by atoms with Crippen LogP contribution in [-0.4, -0.2) is 15.5 Å². The summed E-state index contributed by atoms with van der Waals surface area (Å²) in [5.74, 6) is -0.0819. The molecule has 0 spiro atoms. The van der Waals surface area contributed by atoms with Gasteiger partial charge in [-0.05, 0) is 42.2 Å². The summed E-state index contributed by atoms with van der Waals surface area (Å²) in [6.07, 6.45) is 1.69. The van der Waals surface area contributed by atoms with Gasteiger partial charge in [0.1, 0.15) is 0 Å². The molecule has 1 amide bonds. The number of anilines is 1. The van der Waals surface area contributed by atoms with Crippen LogP contribution in [0, 0.1) is 5.92 Å². The van der Waals surface area contributed by atoms with Gasteiger partial charge in [-0.15, -0.1) is 0 Å². The summed E-state index contributed by atoms with van der Waals surface area (Å²) in [5, 5.41) is 2.89. The number of carbonyl (C=O) groups excluding carboxylic acids is 1. The maximum atomic E-state index is 12.8. The Hall–Kier alpha value is -2.67. The minimum Gasteiger partial charge on any atom is -0.326 e. The van der Waals surface area contributed by atoms with Gasteiger partial charge in [0.2, 0.25) is 5.91 Å². The first-order chi connectivity index (χ1) is 13.5. The highest BCUT2D eigenvalue weighted by molar-refractivity contribution is 9.10. The van der Waals surface area contributed by atoms with E-state index in [0.717, 1.165) is 28.4 Å². The van der Waals surface area contributed by atoms with E-state index >= 15 is 0 Å². The summed E-state index contributed by atoms with van der Waals surface area (Å²) in [6.45, 7) is 2.05. The van der Waals surface area contributed by atoms with Crippen LogP contribution < -0.4 is 16.4 Å². The van der Waals surface area contributed by atoms with Gasteiger partial charge in [0.15, 0.2) is 0 Å². The normalized spacial score (nSPS) is 18.2. The van der Waals surface area contributed by atoms with Crippen molar-refractivity contribution in [1.82, 2.24) is 9.55 Å². The molecular formula is C21H20BrN3O3. The van der Waals surface area contributed by atoms with Gasteiger partial charge in [-0.3, -0.25) is 19.0 Å². The Morgan fingerprint density at radius 3 is 2.71 bits per heavy atom. The third-order valence-corrected chi connectivity index (χ3v) is 5.85. The highest BCUT2D eigenvalue weighted by atomic mass is 79.9. The van der Waals surface area contributed by atoms with E-state index in [1.165, 1.54) is 4.57 Å². The molecule has 1 aromatic heterocycles. The number of aromatic nitrogens is 2. The zero-order valence-corrected chi connectivity index (χ0v) is 17.0. The predicted octanol–water partition coefficient (Wildman–Crippen LogP) is 3.60. The van der Waals surface area contributed by atoms with E-state index in [4.69, 9.17) is 0 Å². The summed E-state index contributed by atoms with van der Waals surface area (Å²) >= 11 is 3.48. The van der Waals surface area contributed by atoms with E-state index in [1.54, 1.807) is 6.07 Å². The van der Waals surface area contributed by atoms with Crippen LogP contribution in [0.25, 0.3) is 11.0 Å². The maximum Gasteiger partial charge on any atom is 0.317 e. The SMILES string of the molecule is CC[C@H]1Cc2cc(Br)cc3[nH]c(=O)c(=O)n(c23)[C@@H]1CC(=O)Nc1ccccc1. The molecule has 0 unspecified atom stereocenters. The Balaban J connectivity index is 1.79. The first-order valence-electron chi connectivity index (χ1n) is 9.29. The van der Waals surface area contributed by atoms with E-state index in [-0.39, 0.29) is 24.3 Å². The van der Waals surface area contributed by atoms with E-state index in [0.29, 0.717) is 11.2 Å². The average Bonchev–Trinajstić information content (AvgIpc) is 2.67. The first kappa shape index (κ1) is 18.7. The van der Waals surface area contributed by atoms with Gasteiger partial charge in [0.05, 0.1) is 11.0 Å². The highest BCUT2D eigenvalue weighted by Gasteiger charge is 2.33. The lowest BCUT2D eigenvalue weighted by Crippen LogP contribution is -2.43. The lowest BCUT2D eigenvalue weighted by atomic mass is 9.84. The minimum absolute atomic E-state index is 0.0889. The van der Waals surface area contributed by atoms with Crippen molar-refractivity contribution in [1.29, 1.82) is 0 Å². The summed E-state index contributed by atoms with van der Waals surface area (Å²) < 4.78 is 2.39. The van der Waals surface area contributed by atoms with Gasteiger partial charge in [0, 0.05) is 22.6 Å². The monoisotopic (exact) mass is 441 g/mol. The molecule has 2 aromatic carbocycles. The second-order valence-electron chi connectivity index (χ2n) is 7.15. The molecule has 0 bridgehead atoms. The van der Waals surface area contributed by atoms with Gasteiger partial charge < -0.3 is 10.3 Å². The lowest BCUT2D eigenvalue weighted by molar-refractivity contribution is -0.117. The number of halogens is 1. The van der Waals surface area contributed by atoms with Gasteiger partial charge in [-0.1, -0.05) is 47.5 Å². The molecule has 144 valence electrons. The highest BCUT2D eigenvalue weighted by Crippen LogP contribution is 2.37. The molecule has 0 saturated heterocycles. The zero-order valence-electron chi connectivity index (χ0n) is 15.4. The fourth-order valence-corrected chi connectivity index (χ4v) is 4.63. The standard InChI is InChI=1S/C21H20BrN3O3/c1-2-12-8-13-9-14(22)10-16-19(13)25(21(28)20(27)24-16)17(12)11-18(26)23-15-6-4-3-5-7-15/h3-7,9-10,12,17H,2,8,11H2,1H3,(H,23,26)(H,24,27)/t12-,17+/m0/s1. The van der Waals surface area contributed by atoms with Crippen LogP contribution in [0.3, 0.4) is 0 Å². The Labute approximate surface area is 169 Å². The summed E-state index contributed by atoms with van der Waals surface area (Å²) in [4.78, 5) is 40.4. The Kier molecular flexibility index (Phi) is 4.93. The number of nitrogens with zero attached hydrogens (tertiary/aromatic N) is 1. The van der Waals surface area contributed by atoms with Crippen molar-refractivity contribution in [3.8, 4) is 0 Å². The zero-order chi connectivity index (χ0) is 19.8. The molecule has 1 aliphatic heterocycles. The molecule has 4 rings (SSSR count). The molecule has 1 aliphatic rings. The van der Waals surface area contributed by atoms with Crippen molar-refractivity contribution < 1.29 is 4.79 Å². The molecule has 2 heterocycles. The van der Waals surface area contributed by atoms with Gasteiger partial charge >= 0.3 is 11.1 Å². The number of H-pyrrole nitrogens is 1. The number of para-hydroxylation sites is 1. The van der Waals surface area contributed by atoms with Crippen molar-refractivity contribution in [2.75, 3.05) is 5.32 Å². The lowest BCUT2D eigenvalue weighted by Gasteiger charge is -2.34. The number of nitrogens with one attached hydrogen (secondary N) is 2. The van der Waals surface area contributed by atoms with Crippen LogP contribution in [0.5, 0.6) is 0 Å². The quantitative estimate of drug-likeness (QED) is 0.606. The molecule has 28 heavy (non-hydrogen) atoms. The fourth-order valence-electron chi connectivity index (χ4n) is 4.12. The number of benzene rings is 2. The molecule has 0 radical (unpaired) electrons. The molecule has 2 N–H and O–H groups in total. The van der Waals surface area contributed by atoms with Crippen LogP contribution >= 0.6 is 15.9 Å². The molecule has 2 atom stereocenters. The Morgan fingerprint density at radius 1 is 1.25 bits per heavy atom. The van der Waals surface area contributed by atoms with Crippen LogP contribution in [0.4, 0.5) is 5.69 Å². The van der Waals surface area contributed by atoms with Crippen LogP contribution in [0.2, 0.25) is 0 Å². The van der Waals surface area contributed by atoms with Crippen molar-refractivity contribution in [3.05, 3.63) is 73.2 Å². The summed E-state index contributed by atoms with van der Waals surface area (Å²) in [5.41, 5.74) is 1.77. The van der Waals surface area contributed by atoms with Crippen molar-refractivity contribution in [2.24, 2.45) is 5.92 Å². The fraction of sp³-hybridized carbons (Fsp3) is 0.286. The molecule has 0 fully saturated rings. The Bertz CT molecular complexity index is 1170. The average molecular weight is 442 g/mol. The van der Waals surface area contributed by atoms with E-state index < -0.39 is 11.1 Å². The molecule has 0 aliphatic carbocycles. The van der Waals surface area contributed by atoms with Crippen LogP contribution in [0.15, 0.2) is 56.5 Å². The second-order valence-corrected chi connectivity index (χ2v) is 8.06. The number of rotatable bonds is 4. The minimum atomic E-state index is -0.665. The van der Waals surface area contributed by atoms with E-state index in [1.807, 2.05) is 43.3 Å². The third kappa shape index (κ3) is 3.30. The van der Waals surface area contributed by atoms with Crippen molar-refractivity contribution >= 4 is 38.6 Å². The molecule has 0 saturated carbocycles. The van der Waals surface area contributed by atoms with Gasteiger partial charge in [-0.25, -0.2) is 0 Å². The first-order valence-corrected chi connectivity index (χ1v) is 10.1. The summed E-state index contributed by atoms with van der Waals surface area (Å²) in [7, 11) is 0. The number of carbonyl (C=O) groups is 1. The van der Waals surface area contributed by atoms with Gasteiger partial charge in [0.25, 0.3) is 0 Å². The second kappa shape index (κ2) is 7.39. The smallest absolute Gasteiger partial charge is 0.317 e. The molecule has 7 heteroatoms. The van der Waals surface area contributed by atoms with Crippen LogP contribution in [0.1, 0.15) is 31.4 Å². The number of aromatic amines is 1. The molecule has 3 aromatic rings. The van der Waals surface area contributed by atoms with Crippen molar-refractivity contribution in [2.45, 2.75) is 32.2 Å².